The van der Waals surface area contributed by atoms with E-state index in [0.29, 0.717) is 45.6 Å². The van der Waals surface area contributed by atoms with E-state index >= 15 is 0 Å². The van der Waals surface area contributed by atoms with Gasteiger partial charge in [0.2, 0.25) is 0 Å². The van der Waals surface area contributed by atoms with Crippen molar-refractivity contribution in [3.8, 4) is 10.8 Å². The molecular weight excluding hydrogens is 501 g/mol. The van der Waals surface area contributed by atoms with Gasteiger partial charge in [0, 0.05) is 23.7 Å². The number of aromatic nitrogens is 5. The molecule has 3 heterocycles. The van der Waals surface area contributed by atoms with E-state index < -0.39 is 11.7 Å². The lowest BCUT2D eigenvalue weighted by molar-refractivity contribution is -0.137. The first-order valence-corrected chi connectivity index (χ1v) is 13.1. The summed E-state index contributed by atoms with van der Waals surface area (Å²) in [4.78, 5) is 30.9. The second-order valence-corrected chi connectivity index (χ2v) is 10.8. The molecule has 0 unspecified atom stereocenters. The largest absolute Gasteiger partial charge is 0.416 e. The third kappa shape index (κ3) is 5.09. The molecule has 37 heavy (non-hydrogen) atoms. The van der Waals surface area contributed by atoms with Gasteiger partial charge in [-0.25, -0.2) is 19.9 Å². The van der Waals surface area contributed by atoms with E-state index in [4.69, 9.17) is 4.98 Å². The first-order valence-electron chi connectivity index (χ1n) is 12.3. The van der Waals surface area contributed by atoms with E-state index in [1.807, 2.05) is 10.8 Å². The number of imidazole rings is 1. The van der Waals surface area contributed by atoms with Crippen molar-refractivity contribution in [2.45, 2.75) is 64.7 Å². The normalized spacial score (nSPS) is 15.2. The number of alkyl halides is 3. The standard InChI is InChI=1S/C26H27F3N6OS/c1-14(2)19-11-30-25(37-19)24-34-23-21(35(24)12-16-7-9-18(10-8-16)26(27,28)29)22(32-20(13-36)33-23)31-15(3)17-5-4-6-17/h7-11,13-15,17H,4-6,12H2,1-3H3,(H,31,32,33)/t15-/m1/s1. The molecule has 0 amide bonds. The Balaban J connectivity index is 1.65. The first-order chi connectivity index (χ1) is 17.6. The van der Waals surface area contributed by atoms with E-state index in [-0.39, 0.29) is 24.3 Å². The molecule has 0 aliphatic heterocycles. The number of nitrogens with one attached hydrogen (secondary N) is 1. The number of hydrogen-bond donors (Lipinski definition) is 1. The van der Waals surface area contributed by atoms with E-state index in [1.165, 1.54) is 29.9 Å². The van der Waals surface area contributed by atoms with Crippen LogP contribution in [-0.4, -0.2) is 36.8 Å². The highest BCUT2D eigenvalue weighted by atomic mass is 32.1. The smallest absolute Gasteiger partial charge is 0.365 e. The molecule has 1 N–H and O–H groups in total. The Bertz CT molecular complexity index is 1420. The molecule has 1 aliphatic rings. The average molecular weight is 529 g/mol. The van der Waals surface area contributed by atoms with Gasteiger partial charge in [0.15, 0.2) is 34.4 Å². The molecule has 1 atom stereocenters. The van der Waals surface area contributed by atoms with Gasteiger partial charge >= 0.3 is 6.18 Å². The molecular formula is C26H27F3N6OS. The van der Waals surface area contributed by atoms with Crippen molar-refractivity contribution >= 4 is 34.6 Å². The van der Waals surface area contributed by atoms with E-state index in [1.54, 1.807) is 0 Å². The summed E-state index contributed by atoms with van der Waals surface area (Å²) >= 11 is 1.51. The Kier molecular flexibility index (Phi) is 6.74. The zero-order valence-electron chi connectivity index (χ0n) is 20.7. The molecule has 1 saturated carbocycles. The molecule has 1 aliphatic carbocycles. The molecule has 5 rings (SSSR count). The summed E-state index contributed by atoms with van der Waals surface area (Å²) < 4.78 is 41.3. The van der Waals surface area contributed by atoms with E-state index in [2.05, 4.69) is 41.0 Å². The molecule has 0 radical (unpaired) electrons. The molecule has 4 aromatic rings. The number of benzene rings is 1. The second kappa shape index (κ2) is 9.85. The molecule has 0 spiro atoms. The van der Waals surface area contributed by atoms with Crippen molar-refractivity contribution < 1.29 is 18.0 Å². The summed E-state index contributed by atoms with van der Waals surface area (Å²) in [5.74, 6) is 1.81. The van der Waals surface area contributed by atoms with Crippen LogP contribution in [0.15, 0.2) is 30.5 Å². The highest BCUT2D eigenvalue weighted by Gasteiger charge is 2.30. The highest BCUT2D eigenvalue weighted by molar-refractivity contribution is 7.15. The van der Waals surface area contributed by atoms with Crippen LogP contribution in [0.3, 0.4) is 0 Å². The van der Waals surface area contributed by atoms with Crippen molar-refractivity contribution in [3.05, 3.63) is 52.3 Å². The minimum Gasteiger partial charge on any atom is -0.365 e. The predicted molar refractivity (Wildman–Crippen MR) is 137 cm³/mol. The predicted octanol–water partition coefficient (Wildman–Crippen LogP) is 6.55. The van der Waals surface area contributed by atoms with Gasteiger partial charge in [-0.05, 0) is 49.3 Å². The molecule has 0 saturated heterocycles. The van der Waals surface area contributed by atoms with Gasteiger partial charge in [-0.15, -0.1) is 11.3 Å². The Labute approximate surface area is 216 Å². The minimum atomic E-state index is -4.41. The summed E-state index contributed by atoms with van der Waals surface area (Å²) in [6.45, 7) is 6.48. The molecule has 3 aromatic heterocycles. The topological polar surface area (TPSA) is 85.6 Å². The number of carbonyl (C=O) groups excluding carboxylic acids is 1. The summed E-state index contributed by atoms with van der Waals surface area (Å²) in [5.41, 5.74) is 0.882. The van der Waals surface area contributed by atoms with Crippen molar-refractivity contribution in [3.63, 3.8) is 0 Å². The molecule has 1 aromatic carbocycles. The van der Waals surface area contributed by atoms with Gasteiger partial charge in [-0.2, -0.15) is 13.2 Å². The summed E-state index contributed by atoms with van der Waals surface area (Å²) in [7, 11) is 0. The maximum atomic E-state index is 13.1. The Morgan fingerprint density at radius 1 is 1.14 bits per heavy atom. The maximum absolute atomic E-state index is 13.1. The number of anilines is 1. The van der Waals surface area contributed by atoms with E-state index in [9.17, 15) is 18.0 Å². The van der Waals surface area contributed by atoms with Gasteiger partial charge in [0.25, 0.3) is 0 Å². The SMILES string of the molecule is CC(C)c1cnc(-c2nc3nc(C=O)nc(N[C@H](C)C4CCC4)c3n2Cc2ccc(C(F)(F)F)cc2)s1. The number of fused-ring (bicyclic) bond motifs is 1. The fraction of sp³-hybridized carbons (Fsp3) is 0.423. The zero-order chi connectivity index (χ0) is 26.3. The van der Waals surface area contributed by atoms with Crippen molar-refractivity contribution in [2.75, 3.05) is 5.32 Å². The Hall–Kier alpha value is -3.34. The summed E-state index contributed by atoms with van der Waals surface area (Å²) in [5, 5.41) is 4.13. The molecule has 0 bridgehead atoms. The number of thiazole rings is 1. The average Bonchev–Trinajstić information content (AvgIpc) is 3.43. The van der Waals surface area contributed by atoms with Gasteiger partial charge in [-0.1, -0.05) is 32.4 Å². The summed E-state index contributed by atoms with van der Waals surface area (Å²) in [6.07, 6.45) is 1.42. The van der Waals surface area contributed by atoms with E-state index in [0.717, 1.165) is 29.9 Å². The van der Waals surface area contributed by atoms with Crippen LogP contribution in [0.5, 0.6) is 0 Å². The van der Waals surface area contributed by atoms with Crippen LogP contribution in [0, 0.1) is 5.92 Å². The molecule has 194 valence electrons. The van der Waals surface area contributed by atoms with Gasteiger partial charge < -0.3 is 9.88 Å². The van der Waals surface area contributed by atoms with Crippen molar-refractivity contribution in [1.29, 1.82) is 0 Å². The quantitative estimate of drug-likeness (QED) is 0.261. The highest BCUT2D eigenvalue weighted by Crippen LogP contribution is 2.36. The molecule has 1 fully saturated rings. The maximum Gasteiger partial charge on any atom is 0.416 e. The van der Waals surface area contributed by atoms with Crippen LogP contribution in [0.2, 0.25) is 0 Å². The minimum absolute atomic E-state index is 0.0172. The van der Waals surface area contributed by atoms with Crippen LogP contribution in [0.1, 0.15) is 72.6 Å². The molecule has 11 heteroatoms. The van der Waals surface area contributed by atoms with Gasteiger partial charge in [-0.3, -0.25) is 4.79 Å². The van der Waals surface area contributed by atoms with Crippen LogP contribution in [0.4, 0.5) is 19.0 Å². The Morgan fingerprint density at radius 2 is 1.86 bits per heavy atom. The lowest BCUT2D eigenvalue weighted by atomic mass is 9.80. The summed E-state index contributed by atoms with van der Waals surface area (Å²) in [6, 6.07) is 5.20. The van der Waals surface area contributed by atoms with Crippen LogP contribution >= 0.6 is 11.3 Å². The monoisotopic (exact) mass is 528 g/mol. The third-order valence-electron chi connectivity index (χ3n) is 6.85. The number of nitrogens with zero attached hydrogens (tertiary/aromatic N) is 5. The number of carbonyl (C=O) groups is 1. The van der Waals surface area contributed by atoms with Crippen LogP contribution in [-0.2, 0) is 12.7 Å². The third-order valence-corrected chi connectivity index (χ3v) is 8.15. The first kappa shape index (κ1) is 25.3. The van der Waals surface area contributed by atoms with Crippen molar-refractivity contribution in [2.24, 2.45) is 5.92 Å². The fourth-order valence-corrected chi connectivity index (χ4v) is 5.35. The number of aldehydes is 1. The van der Waals surface area contributed by atoms with Gasteiger partial charge in [0.05, 0.1) is 5.56 Å². The van der Waals surface area contributed by atoms with Gasteiger partial charge in [0.1, 0.15) is 5.52 Å². The van der Waals surface area contributed by atoms with Crippen LogP contribution < -0.4 is 5.32 Å². The van der Waals surface area contributed by atoms with Crippen molar-refractivity contribution in [1.82, 2.24) is 24.5 Å². The lowest BCUT2D eigenvalue weighted by Crippen LogP contribution is -2.31. The second-order valence-electron chi connectivity index (χ2n) is 9.78. The zero-order valence-corrected chi connectivity index (χ0v) is 21.5. The lowest BCUT2D eigenvalue weighted by Gasteiger charge is -2.32. The number of rotatable bonds is 8. The number of hydrogen-bond acceptors (Lipinski definition) is 7. The number of halogens is 3. The Morgan fingerprint density at radius 3 is 2.43 bits per heavy atom. The fourth-order valence-electron chi connectivity index (χ4n) is 4.44. The molecule has 7 nitrogen and oxygen atoms in total. The van der Waals surface area contributed by atoms with Crippen LogP contribution in [0.25, 0.3) is 22.0 Å².